The van der Waals surface area contributed by atoms with Crippen LogP contribution in [0.1, 0.15) is 39.5 Å². The highest BCUT2D eigenvalue weighted by Gasteiger charge is 2.25. The Labute approximate surface area is 129 Å². The lowest BCUT2D eigenvalue weighted by atomic mass is 9.89. The summed E-state index contributed by atoms with van der Waals surface area (Å²) in [6, 6.07) is 0. The maximum atomic E-state index is 5.87. The van der Waals surface area contributed by atoms with Gasteiger partial charge in [-0.1, -0.05) is 13.0 Å². The molecule has 3 heteroatoms. The molecule has 2 fully saturated rings. The van der Waals surface area contributed by atoms with Crippen molar-refractivity contribution >= 4 is 0 Å². The summed E-state index contributed by atoms with van der Waals surface area (Å²) < 4.78 is 11.1. The standard InChI is InChI=1S/C18H29NO2/c1-14-12-19-13-18(14)16(9-8-15(2)20-3)10-11-21-17-6-4-5-7-17/h8-11,14,17-19H,4-7,12-13H2,1-3H3/b11-10+,15-8+,16-9+. The highest BCUT2D eigenvalue weighted by molar-refractivity contribution is 5.28. The normalized spacial score (nSPS) is 28.5. The molecule has 118 valence electrons. The topological polar surface area (TPSA) is 30.5 Å². The molecule has 0 radical (unpaired) electrons. The summed E-state index contributed by atoms with van der Waals surface area (Å²) >= 11 is 0. The Kier molecular flexibility index (Phi) is 6.37. The van der Waals surface area contributed by atoms with Crippen LogP contribution in [0.3, 0.4) is 0 Å². The van der Waals surface area contributed by atoms with Crippen LogP contribution in [0.15, 0.2) is 35.8 Å². The fourth-order valence-electron chi connectivity index (χ4n) is 3.09. The van der Waals surface area contributed by atoms with Crippen LogP contribution in [-0.4, -0.2) is 26.3 Å². The molecule has 2 rings (SSSR count). The smallest absolute Gasteiger partial charge is 0.0978 e. The SMILES string of the molecule is CO/C(C)=C/C=C(\C=C\OC1CCCC1)C1CNCC1C. The second kappa shape index (κ2) is 8.28. The van der Waals surface area contributed by atoms with Gasteiger partial charge in [0.15, 0.2) is 0 Å². The lowest BCUT2D eigenvalue weighted by molar-refractivity contribution is 0.151. The van der Waals surface area contributed by atoms with Crippen molar-refractivity contribution in [1.29, 1.82) is 0 Å². The molecule has 2 unspecified atom stereocenters. The fraction of sp³-hybridized carbons (Fsp3) is 0.667. The van der Waals surface area contributed by atoms with Gasteiger partial charge in [0.2, 0.25) is 0 Å². The van der Waals surface area contributed by atoms with E-state index in [0.29, 0.717) is 17.9 Å². The van der Waals surface area contributed by atoms with E-state index in [9.17, 15) is 0 Å². The molecule has 0 amide bonds. The predicted molar refractivity (Wildman–Crippen MR) is 86.9 cm³/mol. The summed E-state index contributed by atoms with van der Waals surface area (Å²) in [4.78, 5) is 0. The largest absolute Gasteiger partial charge is 0.501 e. The van der Waals surface area contributed by atoms with Crippen LogP contribution in [0, 0.1) is 11.8 Å². The van der Waals surface area contributed by atoms with Gasteiger partial charge in [0.1, 0.15) is 0 Å². The van der Waals surface area contributed by atoms with Crippen LogP contribution in [0.25, 0.3) is 0 Å². The Morgan fingerprint density at radius 3 is 2.52 bits per heavy atom. The summed E-state index contributed by atoms with van der Waals surface area (Å²) in [5.41, 5.74) is 1.32. The van der Waals surface area contributed by atoms with E-state index in [1.165, 1.54) is 31.3 Å². The minimum atomic E-state index is 0.429. The van der Waals surface area contributed by atoms with Gasteiger partial charge in [0.05, 0.1) is 25.2 Å². The van der Waals surface area contributed by atoms with Crippen LogP contribution >= 0.6 is 0 Å². The molecule has 21 heavy (non-hydrogen) atoms. The molecule has 0 aromatic rings. The van der Waals surface area contributed by atoms with Crippen LogP contribution < -0.4 is 5.32 Å². The van der Waals surface area contributed by atoms with Gasteiger partial charge in [0.25, 0.3) is 0 Å². The Hall–Kier alpha value is -1.22. The quantitative estimate of drug-likeness (QED) is 0.596. The average Bonchev–Trinajstić information content (AvgIpc) is 3.14. The Balaban J connectivity index is 2.01. The first kappa shape index (κ1) is 16.2. The number of allylic oxidation sites excluding steroid dienone is 4. The van der Waals surface area contributed by atoms with Gasteiger partial charge >= 0.3 is 0 Å². The minimum Gasteiger partial charge on any atom is -0.501 e. The van der Waals surface area contributed by atoms with Crippen LogP contribution in [-0.2, 0) is 9.47 Å². The van der Waals surface area contributed by atoms with E-state index >= 15 is 0 Å². The molecule has 1 aliphatic heterocycles. The second-order valence-electron chi connectivity index (χ2n) is 6.24. The van der Waals surface area contributed by atoms with Crippen molar-refractivity contribution in [2.24, 2.45) is 11.8 Å². The summed E-state index contributed by atoms with van der Waals surface area (Å²) in [6.45, 7) is 6.41. The second-order valence-corrected chi connectivity index (χ2v) is 6.24. The highest BCUT2D eigenvalue weighted by Crippen LogP contribution is 2.26. The van der Waals surface area contributed by atoms with E-state index in [1.807, 2.05) is 19.3 Å². The summed E-state index contributed by atoms with van der Waals surface area (Å²) in [5, 5.41) is 3.47. The number of methoxy groups -OCH3 is 1. The van der Waals surface area contributed by atoms with Crippen molar-refractivity contribution in [3.8, 4) is 0 Å². The van der Waals surface area contributed by atoms with Gasteiger partial charge in [-0.25, -0.2) is 0 Å². The van der Waals surface area contributed by atoms with Crippen molar-refractivity contribution in [3.63, 3.8) is 0 Å². The molecular weight excluding hydrogens is 262 g/mol. The van der Waals surface area contributed by atoms with Crippen molar-refractivity contribution < 1.29 is 9.47 Å². The van der Waals surface area contributed by atoms with Gasteiger partial charge in [0, 0.05) is 12.5 Å². The Bertz CT molecular complexity index is 405. The Morgan fingerprint density at radius 2 is 1.90 bits per heavy atom. The third kappa shape index (κ3) is 4.92. The first-order valence-electron chi connectivity index (χ1n) is 8.16. The molecule has 0 spiro atoms. The number of hydrogen-bond acceptors (Lipinski definition) is 3. The zero-order valence-corrected chi connectivity index (χ0v) is 13.6. The zero-order chi connectivity index (χ0) is 15.1. The van der Waals surface area contributed by atoms with Gasteiger partial charge < -0.3 is 14.8 Å². The molecule has 1 heterocycles. The van der Waals surface area contributed by atoms with Gasteiger partial charge in [-0.2, -0.15) is 0 Å². The number of rotatable bonds is 6. The molecule has 0 bridgehead atoms. The Morgan fingerprint density at radius 1 is 1.14 bits per heavy atom. The van der Waals surface area contributed by atoms with Crippen molar-refractivity contribution in [3.05, 3.63) is 35.8 Å². The van der Waals surface area contributed by atoms with E-state index in [2.05, 4.69) is 24.4 Å². The van der Waals surface area contributed by atoms with Crippen LogP contribution in [0.4, 0.5) is 0 Å². The summed E-state index contributed by atoms with van der Waals surface area (Å²) in [5.74, 6) is 2.13. The lowest BCUT2D eigenvalue weighted by Crippen LogP contribution is -2.12. The first-order valence-corrected chi connectivity index (χ1v) is 8.16. The lowest BCUT2D eigenvalue weighted by Gasteiger charge is -2.16. The van der Waals surface area contributed by atoms with E-state index in [4.69, 9.17) is 9.47 Å². The third-order valence-corrected chi connectivity index (χ3v) is 4.61. The molecule has 2 aliphatic rings. The van der Waals surface area contributed by atoms with Crippen LogP contribution in [0.5, 0.6) is 0 Å². The monoisotopic (exact) mass is 291 g/mol. The molecular formula is C18H29NO2. The molecule has 1 saturated heterocycles. The molecule has 3 nitrogen and oxygen atoms in total. The van der Waals surface area contributed by atoms with Gasteiger partial charge in [-0.3, -0.25) is 0 Å². The van der Waals surface area contributed by atoms with E-state index in [1.54, 1.807) is 7.11 Å². The number of ether oxygens (including phenoxy) is 2. The molecule has 1 aliphatic carbocycles. The van der Waals surface area contributed by atoms with Crippen LogP contribution in [0.2, 0.25) is 0 Å². The van der Waals surface area contributed by atoms with E-state index < -0.39 is 0 Å². The minimum absolute atomic E-state index is 0.429. The maximum absolute atomic E-state index is 5.87. The third-order valence-electron chi connectivity index (χ3n) is 4.61. The van der Waals surface area contributed by atoms with E-state index in [0.717, 1.165) is 18.8 Å². The van der Waals surface area contributed by atoms with Gasteiger partial charge in [-0.05, 0) is 62.8 Å². The predicted octanol–water partition coefficient (Wildman–Crippen LogP) is 3.79. The highest BCUT2D eigenvalue weighted by atomic mass is 16.5. The average molecular weight is 291 g/mol. The van der Waals surface area contributed by atoms with Crippen molar-refractivity contribution in [1.82, 2.24) is 5.32 Å². The maximum Gasteiger partial charge on any atom is 0.0978 e. The van der Waals surface area contributed by atoms with Crippen molar-refractivity contribution in [2.45, 2.75) is 45.6 Å². The molecule has 0 aromatic heterocycles. The van der Waals surface area contributed by atoms with Crippen molar-refractivity contribution in [2.75, 3.05) is 20.2 Å². The van der Waals surface area contributed by atoms with E-state index in [-0.39, 0.29) is 0 Å². The molecule has 1 saturated carbocycles. The number of nitrogens with one attached hydrogen (secondary N) is 1. The first-order chi connectivity index (χ1) is 10.2. The molecule has 2 atom stereocenters. The zero-order valence-electron chi connectivity index (χ0n) is 13.6. The molecule has 0 aromatic carbocycles. The molecule has 1 N–H and O–H groups in total. The van der Waals surface area contributed by atoms with Gasteiger partial charge in [-0.15, -0.1) is 0 Å². The summed E-state index contributed by atoms with van der Waals surface area (Å²) in [6.07, 6.45) is 13.7. The fourth-order valence-corrected chi connectivity index (χ4v) is 3.09. The number of hydrogen-bond donors (Lipinski definition) is 1. The summed E-state index contributed by atoms with van der Waals surface area (Å²) in [7, 11) is 1.71.